The molecule has 0 aliphatic rings. The van der Waals surface area contributed by atoms with Crippen LogP contribution in [0.3, 0.4) is 0 Å². The first-order valence-corrected chi connectivity index (χ1v) is 5.79. The predicted octanol–water partition coefficient (Wildman–Crippen LogP) is 0.961. The van der Waals surface area contributed by atoms with Crippen LogP contribution in [-0.2, 0) is 4.79 Å². The number of hydrogen-bond donors (Lipinski definition) is 4. The fraction of sp³-hybridized carbons (Fsp3) is 0.500. The maximum atomic E-state index is 11.9. The zero-order valence-electron chi connectivity index (χ0n) is 11.2. The molecule has 1 aromatic heterocycles. The van der Waals surface area contributed by atoms with E-state index in [9.17, 15) is 4.79 Å². The summed E-state index contributed by atoms with van der Waals surface area (Å²) >= 11 is 0. The summed E-state index contributed by atoms with van der Waals surface area (Å²) in [4.78, 5) is 15.9. The first kappa shape index (κ1) is 14.1. The van der Waals surface area contributed by atoms with E-state index < -0.39 is 6.04 Å². The van der Waals surface area contributed by atoms with E-state index in [1.165, 1.54) is 0 Å². The van der Waals surface area contributed by atoms with Crippen LogP contribution in [0.25, 0.3) is 0 Å². The van der Waals surface area contributed by atoms with Gasteiger partial charge in [0.15, 0.2) is 0 Å². The second kappa shape index (κ2) is 5.12. The minimum absolute atomic E-state index is 0.0975. The summed E-state index contributed by atoms with van der Waals surface area (Å²) in [6.45, 7) is 7.54. The summed E-state index contributed by atoms with van der Waals surface area (Å²) in [5.41, 5.74) is 11.3. The van der Waals surface area contributed by atoms with Gasteiger partial charge in [-0.2, -0.15) is 0 Å². The number of nitrogens with one attached hydrogen (secondary N) is 2. The summed E-state index contributed by atoms with van der Waals surface area (Å²) in [5, 5.41) is 5.85. The Labute approximate surface area is 107 Å². The van der Waals surface area contributed by atoms with E-state index in [0.717, 1.165) is 0 Å². The van der Waals surface area contributed by atoms with Crippen LogP contribution in [-0.4, -0.2) is 22.5 Å². The van der Waals surface area contributed by atoms with Gasteiger partial charge in [0.2, 0.25) is 5.91 Å². The lowest BCUT2D eigenvalue weighted by Crippen LogP contribution is -2.47. The zero-order chi connectivity index (χ0) is 13.9. The lowest BCUT2D eigenvalue weighted by Gasteiger charge is -2.24. The molecule has 6 nitrogen and oxygen atoms in total. The molecular weight excluding hydrogens is 230 g/mol. The molecule has 6 heteroatoms. The van der Waals surface area contributed by atoms with E-state index in [-0.39, 0.29) is 17.3 Å². The van der Waals surface area contributed by atoms with Crippen molar-refractivity contribution in [2.24, 2.45) is 0 Å². The van der Waals surface area contributed by atoms with Crippen LogP contribution < -0.4 is 22.1 Å². The Morgan fingerprint density at radius 1 is 1.33 bits per heavy atom. The average Bonchev–Trinajstić information content (AvgIpc) is 2.21. The maximum absolute atomic E-state index is 11.9. The van der Waals surface area contributed by atoms with E-state index in [1.54, 1.807) is 19.1 Å². The van der Waals surface area contributed by atoms with Gasteiger partial charge in [-0.05, 0) is 39.8 Å². The normalized spacial score (nSPS) is 12.9. The molecule has 18 heavy (non-hydrogen) atoms. The fourth-order valence-corrected chi connectivity index (χ4v) is 1.33. The number of carbonyl (C=O) groups excluding carboxylic acids is 1. The Balaban J connectivity index is 2.66. The minimum atomic E-state index is -0.403. The molecule has 0 radical (unpaired) electrons. The number of pyridine rings is 1. The quantitative estimate of drug-likeness (QED) is 0.640. The van der Waals surface area contributed by atoms with Crippen molar-refractivity contribution in [2.45, 2.75) is 39.3 Å². The first-order chi connectivity index (χ1) is 8.19. The third kappa shape index (κ3) is 4.12. The monoisotopic (exact) mass is 251 g/mol. The molecule has 1 amide bonds. The SMILES string of the molecule is CC(Nc1ccc(N)c(N)n1)C(=O)NC(C)(C)C. The van der Waals surface area contributed by atoms with Gasteiger partial charge < -0.3 is 22.1 Å². The topological polar surface area (TPSA) is 106 Å². The molecule has 0 spiro atoms. The summed E-state index contributed by atoms with van der Waals surface area (Å²) in [6.07, 6.45) is 0. The molecule has 0 fully saturated rings. The number of carbonyl (C=O) groups is 1. The standard InChI is InChI=1S/C12H21N5O/c1-7(11(18)17-12(2,3)4)15-9-6-5-8(13)10(14)16-9/h5-7H,13H2,1-4H3,(H,17,18)(H3,14,15,16). The number of amides is 1. The van der Waals surface area contributed by atoms with Crippen molar-refractivity contribution in [3.05, 3.63) is 12.1 Å². The first-order valence-electron chi connectivity index (χ1n) is 5.79. The van der Waals surface area contributed by atoms with Crippen molar-refractivity contribution in [1.29, 1.82) is 0 Å². The van der Waals surface area contributed by atoms with Crippen molar-refractivity contribution in [3.63, 3.8) is 0 Å². The molecule has 1 unspecified atom stereocenters. The average molecular weight is 251 g/mol. The van der Waals surface area contributed by atoms with Crippen molar-refractivity contribution >= 4 is 23.2 Å². The van der Waals surface area contributed by atoms with Crippen LogP contribution in [0.15, 0.2) is 12.1 Å². The van der Waals surface area contributed by atoms with Gasteiger partial charge in [-0.25, -0.2) is 4.98 Å². The second-order valence-electron chi connectivity index (χ2n) is 5.28. The number of rotatable bonds is 3. The lowest BCUT2D eigenvalue weighted by atomic mass is 10.1. The number of nitrogens with two attached hydrogens (primary N) is 2. The Morgan fingerprint density at radius 3 is 2.44 bits per heavy atom. The molecule has 1 aromatic rings. The van der Waals surface area contributed by atoms with Gasteiger partial charge in [-0.1, -0.05) is 0 Å². The number of anilines is 3. The van der Waals surface area contributed by atoms with E-state index in [1.807, 2.05) is 20.8 Å². The molecule has 0 aromatic carbocycles. The Hall–Kier alpha value is -1.98. The van der Waals surface area contributed by atoms with E-state index >= 15 is 0 Å². The molecule has 0 aliphatic carbocycles. The van der Waals surface area contributed by atoms with Crippen LogP contribution in [0.4, 0.5) is 17.3 Å². The highest BCUT2D eigenvalue weighted by Gasteiger charge is 2.19. The highest BCUT2D eigenvalue weighted by molar-refractivity contribution is 5.84. The minimum Gasteiger partial charge on any atom is -0.396 e. The van der Waals surface area contributed by atoms with Crippen molar-refractivity contribution in [3.8, 4) is 0 Å². The molecule has 0 saturated carbocycles. The second-order valence-corrected chi connectivity index (χ2v) is 5.28. The molecule has 0 bridgehead atoms. The molecular formula is C12H21N5O. The van der Waals surface area contributed by atoms with Gasteiger partial charge in [0.25, 0.3) is 0 Å². The van der Waals surface area contributed by atoms with Crippen LogP contribution >= 0.6 is 0 Å². The number of nitrogens with zero attached hydrogens (tertiary/aromatic N) is 1. The highest BCUT2D eigenvalue weighted by Crippen LogP contribution is 2.15. The Bertz CT molecular complexity index is 439. The number of hydrogen-bond acceptors (Lipinski definition) is 5. The van der Waals surface area contributed by atoms with Gasteiger partial charge in [0, 0.05) is 5.54 Å². The van der Waals surface area contributed by atoms with E-state index in [4.69, 9.17) is 11.5 Å². The third-order valence-electron chi connectivity index (χ3n) is 2.21. The van der Waals surface area contributed by atoms with Crippen LogP contribution in [0, 0.1) is 0 Å². The summed E-state index contributed by atoms with van der Waals surface area (Å²) in [5.74, 6) is 0.682. The zero-order valence-corrected chi connectivity index (χ0v) is 11.2. The highest BCUT2D eigenvalue weighted by atomic mass is 16.2. The van der Waals surface area contributed by atoms with Crippen molar-refractivity contribution < 1.29 is 4.79 Å². The molecule has 0 saturated heterocycles. The van der Waals surface area contributed by atoms with Crippen molar-refractivity contribution in [1.82, 2.24) is 10.3 Å². The summed E-state index contributed by atoms with van der Waals surface area (Å²) in [6, 6.07) is 2.94. The maximum Gasteiger partial charge on any atom is 0.242 e. The molecule has 6 N–H and O–H groups in total. The lowest BCUT2D eigenvalue weighted by molar-refractivity contribution is -0.122. The Kier molecular flexibility index (Phi) is 4.00. The van der Waals surface area contributed by atoms with Gasteiger partial charge in [0.05, 0.1) is 5.69 Å². The number of nitrogen functional groups attached to an aromatic ring is 2. The van der Waals surface area contributed by atoms with Gasteiger partial charge >= 0.3 is 0 Å². The van der Waals surface area contributed by atoms with E-state index in [2.05, 4.69) is 15.6 Å². The Morgan fingerprint density at radius 2 is 1.94 bits per heavy atom. The van der Waals surface area contributed by atoms with E-state index in [0.29, 0.717) is 11.5 Å². The molecule has 1 atom stereocenters. The fourth-order valence-electron chi connectivity index (χ4n) is 1.33. The van der Waals surface area contributed by atoms with Gasteiger partial charge in [-0.15, -0.1) is 0 Å². The predicted molar refractivity (Wildman–Crippen MR) is 74.0 cm³/mol. The smallest absolute Gasteiger partial charge is 0.242 e. The third-order valence-corrected chi connectivity index (χ3v) is 2.21. The largest absolute Gasteiger partial charge is 0.396 e. The van der Waals surface area contributed by atoms with Crippen molar-refractivity contribution in [2.75, 3.05) is 16.8 Å². The molecule has 100 valence electrons. The van der Waals surface area contributed by atoms with Crippen LogP contribution in [0.2, 0.25) is 0 Å². The van der Waals surface area contributed by atoms with Gasteiger partial charge in [-0.3, -0.25) is 4.79 Å². The summed E-state index contributed by atoms with van der Waals surface area (Å²) in [7, 11) is 0. The van der Waals surface area contributed by atoms with Crippen LogP contribution in [0.5, 0.6) is 0 Å². The van der Waals surface area contributed by atoms with Gasteiger partial charge in [0.1, 0.15) is 17.7 Å². The molecule has 1 heterocycles. The number of aromatic nitrogens is 1. The van der Waals surface area contributed by atoms with Crippen LogP contribution in [0.1, 0.15) is 27.7 Å². The molecule has 1 rings (SSSR count). The molecule has 0 aliphatic heterocycles. The summed E-state index contributed by atoms with van der Waals surface area (Å²) < 4.78 is 0.